The highest BCUT2D eigenvalue weighted by Crippen LogP contribution is 2.40. The van der Waals surface area contributed by atoms with Crippen LogP contribution in [0.15, 0.2) is 48.0 Å². The number of nitrogens with zero attached hydrogens (tertiary/aromatic N) is 2. The number of nitro groups is 1. The van der Waals surface area contributed by atoms with Crippen molar-refractivity contribution < 1.29 is 33.5 Å². The van der Waals surface area contributed by atoms with E-state index in [0.29, 0.717) is 0 Å². The van der Waals surface area contributed by atoms with Crippen LogP contribution >= 0.6 is 0 Å². The van der Waals surface area contributed by atoms with Crippen LogP contribution in [0.25, 0.3) is 5.76 Å². The van der Waals surface area contributed by atoms with Gasteiger partial charge in [0.15, 0.2) is 11.6 Å². The number of carbonyl (C=O) groups excluding carboxylic acids is 2. The van der Waals surface area contributed by atoms with Crippen molar-refractivity contribution in [2.24, 2.45) is 0 Å². The first-order chi connectivity index (χ1) is 14.8. The number of amides is 1. The van der Waals surface area contributed by atoms with Gasteiger partial charge < -0.3 is 19.5 Å². The summed E-state index contributed by atoms with van der Waals surface area (Å²) in [6.45, 7) is 0.0951. The van der Waals surface area contributed by atoms with E-state index in [1.807, 2.05) is 0 Å². The van der Waals surface area contributed by atoms with Gasteiger partial charge in [0, 0.05) is 31.4 Å². The fourth-order valence-electron chi connectivity index (χ4n) is 3.42. The fourth-order valence-corrected chi connectivity index (χ4v) is 3.42. The van der Waals surface area contributed by atoms with Gasteiger partial charge in [0.2, 0.25) is 0 Å². The van der Waals surface area contributed by atoms with E-state index in [4.69, 9.17) is 9.47 Å². The SMILES string of the molecule is COCCN1C(=O)C(=O)/C(=C(\O)c2ccc(OC)c(F)c2)C1c1cccc([N+](=O)[O-])c1. The summed E-state index contributed by atoms with van der Waals surface area (Å²) in [6.07, 6.45) is 0. The van der Waals surface area contributed by atoms with Crippen LogP contribution in [0.5, 0.6) is 5.75 Å². The maximum atomic E-state index is 14.2. The van der Waals surface area contributed by atoms with E-state index >= 15 is 0 Å². The molecule has 0 bridgehead atoms. The minimum atomic E-state index is -1.11. The van der Waals surface area contributed by atoms with E-state index in [9.17, 15) is 29.2 Å². The van der Waals surface area contributed by atoms with Crippen molar-refractivity contribution in [3.63, 3.8) is 0 Å². The molecule has 1 amide bonds. The number of methoxy groups -OCH3 is 2. The Hall–Kier alpha value is -3.79. The molecule has 1 aliphatic rings. The second kappa shape index (κ2) is 8.92. The third-order valence-corrected chi connectivity index (χ3v) is 4.90. The largest absolute Gasteiger partial charge is 0.507 e. The van der Waals surface area contributed by atoms with E-state index < -0.39 is 34.2 Å². The lowest BCUT2D eigenvalue weighted by molar-refractivity contribution is -0.384. The number of carbonyl (C=O) groups is 2. The molecular formula is C21H19FN2O7. The molecule has 2 aromatic carbocycles. The first-order valence-electron chi connectivity index (χ1n) is 9.15. The summed E-state index contributed by atoms with van der Waals surface area (Å²) in [5.74, 6) is -3.32. The van der Waals surface area contributed by atoms with Crippen LogP contribution in [0, 0.1) is 15.9 Å². The molecule has 1 unspecified atom stereocenters. The van der Waals surface area contributed by atoms with Gasteiger partial charge in [0.1, 0.15) is 5.76 Å². The molecule has 0 radical (unpaired) electrons. The minimum Gasteiger partial charge on any atom is -0.507 e. The first-order valence-corrected chi connectivity index (χ1v) is 9.15. The summed E-state index contributed by atoms with van der Waals surface area (Å²) in [5.41, 5.74) is -0.338. The summed E-state index contributed by atoms with van der Waals surface area (Å²) < 4.78 is 24.0. The molecule has 1 saturated heterocycles. The van der Waals surface area contributed by atoms with Crippen LogP contribution in [0.4, 0.5) is 10.1 Å². The summed E-state index contributed by atoms with van der Waals surface area (Å²) in [6, 6.07) is 7.88. The number of ether oxygens (including phenoxy) is 2. The van der Waals surface area contributed by atoms with Crippen molar-refractivity contribution in [3.8, 4) is 5.75 Å². The van der Waals surface area contributed by atoms with E-state index in [1.54, 1.807) is 0 Å². The van der Waals surface area contributed by atoms with Crippen LogP contribution < -0.4 is 4.74 Å². The average molecular weight is 430 g/mol. The zero-order chi connectivity index (χ0) is 22.7. The number of likely N-dealkylation sites (tertiary alicyclic amines) is 1. The molecule has 31 heavy (non-hydrogen) atoms. The maximum Gasteiger partial charge on any atom is 0.295 e. The highest BCUT2D eigenvalue weighted by molar-refractivity contribution is 6.46. The number of benzene rings is 2. The highest BCUT2D eigenvalue weighted by atomic mass is 19.1. The summed E-state index contributed by atoms with van der Waals surface area (Å²) in [4.78, 5) is 37.2. The van der Waals surface area contributed by atoms with Gasteiger partial charge in [0.05, 0.1) is 30.3 Å². The van der Waals surface area contributed by atoms with Crippen molar-refractivity contribution in [1.29, 1.82) is 0 Å². The van der Waals surface area contributed by atoms with Crippen LogP contribution in [0.1, 0.15) is 17.2 Å². The van der Waals surface area contributed by atoms with Crippen LogP contribution in [0.3, 0.4) is 0 Å². The van der Waals surface area contributed by atoms with E-state index in [2.05, 4.69) is 0 Å². The second-order valence-corrected chi connectivity index (χ2v) is 6.69. The number of rotatable bonds is 7. The lowest BCUT2D eigenvalue weighted by Gasteiger charge is -2.25. The van der Waals surface area contributed by atoms with Gasteiger partial charge >= 0.3 is 0 Å². The number of hydrogen-bond acceptors (Lipinski definition) is 7. The van der Waals surface area contributed by atoms with Crippen LogP contribution in [0.2, 0.25) is 0 Å². The monoisotopic (exact) mass is 430 g/mol. The smallest absolute Gasteiger partial charge is 0.295 e. The van der Waals surface area contributed by atoms with Crippen molar-refractivity contribution in [3.05, 3.63) is 75.1 Å². The van der Waals surface area contributed by atoms with Crippen molar-refractivity contribution in [2.75, 3.05) is 27.4 Å². The van der Waals surface area contributed by atoms with E-state index in [-0.39, 0.29) is 41.3 Å². The number of aliphatic hydroxyl groups is 1. The molecule has 1 N–H and O–H groups in total. The van der Waals surface area contributed by atoms with Crippen molar-refractivity contribution >= 4 is 23.1 Å². The molecule has 0 aromatic heterocycles. The molecule has 1 fully saturated rings. The molecule has 0 spiro atoms. The van der Waals surface area contributed by atoms with Gasteiger partial charge in [0.25, 0.3) is 17.4 Å². The summed E-state index contributed by atoms with van der Waals surface area (Å²) >= 11 is 0. The summed E-state index contributed by atoms with van der Waals surface area (Å²) in [7, 11) is 2.70. The van der Waals surface area contributed by atoms with Gasteiger partial charge in [-0.2, -0.15) is 0 Å². The van der Waals surface area contributed by atoms with Gasteiger partial charge in [-0.25, -0.2) is 4.39 Å². The lowest BCUT2D eigenvalue weighted by atomic mass is 9.95. The Morgan fingerprint density at radius 3 is 2.58 bits per heavy atom. The van der Waals surface area contributed by atoms with Crippen LogP contribution in [-0.2, 0) is 14.3 Å². The minimum absolute atomic E-state index is 0.00217. The molecule has 3 rings (SSSR count). The predicted molar refractivity (Wildman–Crippen MR) is 107 cm³/mol. The third-order valence-electron chi connectivity index (χ3n) is 4.90. The number of hydrogen-bond donors (Lipinski definition) is 1. The molecule has 2 aromatic rings. The third kappa shape index (κ3) is 4.10. The normalized spacial score (nSPS) is 17.8. The maximum absolute atomic E-state index is 14.2. The Morgan fingerprint density at radius 1 is 1.23 bits per heavy atom. The van der Waals surface area contributed by atoms with E-state index in [1.165, 1.54) is 50.6 Å². The molecule has 0 saturated carbocycles. The van der Waals surface area contributed by atoms with Crippen LogP contribution in [-0.4, -0.2) is 54.0 Å². The topological polar surface area (TPSA) is 119 Å². The number of ketones is 1. The van der Waals surface area contributed by atoms with Gasteiger partial charge in [-0.05, 0) is 23.8 Å². The Kier molecular flexibility index (Phi) is 6.30. The zero-order valence-corrected chi connectivity index (χ0v) is 16.7. The molecule has 1 aliphatic heterocycles. The molecule has 0 aliphatic carbocycles. The Labute approximate surface area is 176 Å². The Balaban J connectivity index is 2.20. The number of nitro benzene ring substituents is 1. The zero-order valence-electron chi connectivity index (χ0n) is 16.7. The fraction of sp³-hybridized carbons (Fsp3) is 0.238. The lowest BCUT2D eigenvalue weighted by Crippen LogP contribution is -2.32. The molecular weight excluding hydrogens is 411 g/mol. The molecule has 162 valence electrons. The molecule has 1 heterocycles. The summed E-state index contributed by atoms with van der Waals surface area (Å²) in [5, 5.41) is 22.1. The molecule has 1 atom stereocenters. The molecule has 10 heteroatoms. The van der Waals surface area contributed by atoms with Gasteiger partial charge in [-0.3, -0.25) is 19.7 Å². The van der Waals surface area contributed by atoms with Crippen molar-refractivity contribution in [1.82, 2.24) is 4.90 Å². The van der Waals surface area contributed by atoms with E-state index in [0.717, 1.165) is 11.0 Å². The second-order valence-electron chi connectivity index (χ2n) is 6.69. The van der Waals surface area contributed by atoms with Gasteiger partial charge in [-0.1, -0.05) is 12.1 Å². The Morgan fingerprint density at radius 2 is 1.97 bits per heavy atom. The molecule has 9 nitrogen and oxygen atoms in total. The standard InChI is InChI=1S/C21H19FN2O7/c1-30-9-8-23-18(12-4-3-5-14(10-12)24(28)29)17(20(26)21(23)27)19(25)13-6-7-16(31-2)15(22)11-13/h3-7,10-11,18,25H,8-9H2,1-2H3/b19-17-. The average Bonchev–Trinajstić information content (AvgIpc) is 3.01. The predicted octanol–water partition coefficient (Wildman–Crippen LogP) is 2.81. The number of Topliss-reactive ketones (excluding diaryl/α,β-unsaturated/α-hetero) is 1. The first kappa shape index (κ1) is 21.9. The highest BCUT2D eigenvalue weighted by Gasteiger charge is 2.46. The van der Waals surface area contributed by atoms with Crippen molar-refractivity contribution in [2.45, 2.75) is 6.04 Å². The quantitative estimate of drug-likeness (QED) is 0.236. The number of halogens is 1. The number of aliphatic hydroxyl groups excluding tert-OH is 1. The number of non-ortho nitro benzene ring substituents is 1. The Bertz CT molecular complexity index is 1080. The van der Waals surface area contributed by atoms with Gasteiger partial charge in [-0.15, -0.1) is 0 Å².